The summed E-state index contributed by atoms with van der Waals surface area (Å²) in [5.41, 5.74) is 8.01. The molecule has 2 aliphatic rings. The van der Waals surface area contributed by atoms with Crippen LogP contribution in [0.4, 0.5) is 5.69 Å². The third-order valence-corrected chi connectivity index (χ3v) is 5.80. The number of piperidine rings is 1. The van der Waals surface area contributed by atoms with Crippen LogP contribution in [-0.4, -0.2) is 58.4 Å². The maximum Gasteiger partial charge on any atom is 0.204 e. The van der Waals surface area contributed by atoms with Crippen molar-refractivity contribution in [1.29, 1.82) is 0 Å². The molecule has 3 aromatic rings. The number of benzene rings is 2. The number of hydrogen-bond acceptors (Lipinski definition) is 5. The predicted octanol–water partition coefficient (Wildman–Crippen LogP) is 5.18. The van der Waals surface area contributed by atoms with Crippen LogP contribution in [0.1, 0.15) is 51.5 Å². The van der Waals surface area contributed by atoms with E-state index in [1.807, 2.05) is 44.2 Å². The molecule has 36 heavy (non-hydrogen) atoms. The van der Waals surface area contributed by atoms with Crippen LogP contribution < -0.4 is 11.1 Å². The molecule has 0 spiro atoms. The number of primary amides is 1. The maximum atomic E-state index is 8.58. The zero-order chi connectivity index (χ0) is 26.3. The smallest absolute Gasteiger partial charge is 0.204 e. The lowest BCUT2D eigenvalue weighted by Crippen LogP contribution is -2.31. The molecule has 3 N–H and O–H groups in total. The van der Waals surface area contributed by atoms with Crippen molar-refractivity contribution in [3.8, 4) is 5.69 Å². The van der Waals surface area contributed by atoms with Gasteiger partial charge in [-0.1, -0.05) is 56.7 Å². The van der Waals surface area contributed by atoms with Gasteiger partial charge in [-0.05, 0) is 75.1 Å². The Morgan fingerprint density at radius 3 is 2.28 bits per heavy atom. The lowest BCUT2D eigenvalue weighted by Gasteiger charge is -2.25. The fourth-order valence-corrected chi connectivity index (χ4v) is 4.23. The van der Waals surface area contributed by atoms with Crippen LogP contribution >= 0.6 is 9.24 Å². The number of aromatic nitrogens is 3. The number of fused-ring (bicyclic) bond motifs is 1. The van der Waals surface area contributed by atoms with E-state index >= 15 is 0 Å². The van der Waals surface area contributed by atoms with Crippen molar-refractivity contribution in [2.45, 2.75) is 52.4 Å². The number of amides is 1. The molecule has 1 amide bonds. The van der Waals surface area contributed by atoms with Gasteiger partial charge in [-0.3, -0.25) is 4.79 Å². The number of hydrogen-bond donors (Lipinski definition) is 2. The Labute approximate surface area is 220 Å². The van der Waals surface area contributed by atoms with E-state index in [2.05, 4.69) is 59.5 Å². The number of rotatable bonds is 3. The normalized spacial score (nSPS) is 14.1. The monoisotopic (exact) mass is 512 g/mol. The standard InChI is InChI=1S/C10H13N.C8H7N3.C7H16NP.C2H6.CH3NO/c1-2-7-10-9(5-1)6-3-4-8-11-10;1-2-4-8(5-3-1)11-7-9-6-10-11;9-7-6-8-4-2-1-3-5-8;1-2;2-1-3/h1-2,5,7,11H,3-4,6,8H2;1-7H;1-7,9H2;1-2H3;1H,(H2,2,3). The molecule has 1 unspecified atom stereocenters. The second-order valence-corrected chi connectivity index (χ2v) is 8.62. The van der Waals surface area contributed by atoms with Gasteiger partial charge in [0.2, 0.25) is 6.41 Å². The molecular weight excluding hydrogens is 467 g/mol. The molecule has 7 nitrogen and oxygen atoms in total. The number of carbonyl (C=O) groups is 1. The summed E-state index contributed by atoms with van der Waals surface area (Å²) < 4.78 is 1.72. The van der Waals surface area contributed by atoms with Gasteiger partial charge in [0.25, 0.3) is 0 Å². The van der Waals surface area contributed by atoms with Gasteiger partial charge in [-0.2, -0.15) is 5.10 Å². The van der Waals surface area contributed by atoms with Crippen molar-refractivity contribution in [2.24, 2.45) is 5.73 Å². The average molecular weight is 513 g/mol. The van der Waals surface area contributed by atoms with Gasteiger partial charge in [0.1, 0.15) is 12.7 Å². The summed E-state index contributed by atoms with van der Waals surface area (Å²) in [5, 5.41) is 7.42. The Kier molecular flexibility index (Phi) is 18.7. The van der Waals surface area contributed by atoms with E-state index in [-0.39, 0.29) is 6.41 Å². The molecule has 5 rings (SSSR count). The SMILES string of the molecule is CC.NC=O.PCCN1CCCCC1.c1ccc(-n2cncn2)cc1.c1ccc2c(c1)CCCCN2. The summed E-state index contributed by atoms with van der Waals surface area (Å²) in [7, 11) is 2.79. The van der Waals surface area contributed by atoms with E-state index < -0.39 is 0 Å². The Bertz CT molecular complexity index is 858. The maximum absolute atomic E-state index is 8.58. The van der Waals surface area contributed by atoms with E-state index in [1.54, 1.807) is 11.0 Å². The molecule has 1 saturated heterocycles. The molecule has 0 radical (unpaired) electrons. The van der Waals surface area contributed by atoms with E-state index in [0.29, 0.717) is 0 Å². The van der Waals surface area contributed by atoms with Gasteiger partial charge in [0.15, 0.2) is 0 Å². The first-order valence-electron chi connectivity index (χ1n) is 13.1. The number of para-hydroxylation sites is 2. The third-order valence-electron chi connectivity index (χ3n) is 5.54. The van der Waals surface area contributed by atoms with E-state index in [4.69, 9.17) is 4.79 Å². The van der Waals surface area contributed by atoms with Crippen molar-refractivity contribution in [3.05, 3.63) is 72.8 Å². The van der Waals surface area contributed by atoms with Crippen LogP contribution in [0.2, 0.25) is 0 Å². The quantitative estimate of drug-likeness (QED) is 0.373. The number of nitrogens with one attached hydrogen (secondary N) is 1. The number of likely N-dealkylation sites (tertiary alicyclic amines) is 1. The molecule has 198 valence electrons. The molecule has 8 heteroatoms. The number of aryl methyl sites for hydroxylation is 1. The van der Waals surface area contributed by atoms with Gasteiger partial charge < -0.3 is 16.0 Å². The molecule has 1 atom stereocenters. The average Bonchev–Trinajstić information content (AvgIpc) is 3.38. The molecule has 0 bridgehead atoms. The van der Waals surface area contributed by atoms with Crippen LogP contribution in [-0.2, 0) is 11.2 Å². The second kappa shape index (κ2) is 21.5. The summed E-state index contributed by atoms with van der Waals surface area (Å²) in [6, 6.07) is 18.5. The molecule has 0 saturated carbocycles. The minimum atomic E-state index is 0.250. The van der Waals surface area contributed by atoms with Crippen molar-refractivity contribution in [1.82, 2.24) is 19.7 Å². The highest BCUT2D eigenvalue weighted by molar-refractivity contribution is 7.16. The summed E-state index contributed by atoms with van der Waals surface area (Å²) in [6.07, 6.45) is 12.8. The van der Waals surface area contributed by atoms with Crippen molar-refractivity contribution >= 4 is 21.3 Å². The number of anilines is 1. The lowest BCUT2D eigenvalue weighted by atomic mass is 10.1. The summed E-state index contributed by atoms with van der Waals surface area (Å²) >= 11 is 0. The topological polar surface area (TPSA) is 89.1 Å². The highest BCUT2D eigenvalue weighted by Gasteiger charge is 2.07. The Balaban J connectivity index is 0.000000249. The van der Waals surface area contributed by atoms with Crippen molar-refractivity contribution in [2.75, 3.05) is 37.7 Å². The van der Waals surface area contributed by atoms with Crippen LogP contribution in [0.3, 0.4) is 0 Å². The van der Waals surface area contributed by atoms with Gasteiger partial charge in [0, 0.05) is 18.8 Å². The first kappa shape index (κ1) is 31.3. The number of nitrogens with zero attached hydrogens (tertiary/aromatic N) is 4. The van der Waals surface area contributed by atoms with Gasteiger partial charge in [-0.25, -0.2) is 9.67 Å². The fourth-order valence-electron chi connectivity index (χ4n) is 3.86. The largest absolute Gasteiger partial charge is 0.385 e. The van der Waals surface area contributed by atoms with E-state index in [0.717, 1.165) is 12.2 Å². The summed E-state index contributed by atoms with van der Waals surface area (Å²) in [4.78, 5) is 15.0. The van der Waals surface area contributed by atoms with E-state index in [1.165, 1.54) is 81.9 Å². The first-order chi connectivity index (χ1) is 17.8. The van der Waals surface area contributed by atoms with E-state index in [9.17, 15) is 0 Å². The molecule has 1 aromatic heterocycles. The van der Waals surface area contributed by atoms with Crippen LogP contribution in [0.25, 0.3) is 5.69 Å². The van der Waals surface area contributed by atoms with Crippen LogP contribution in [0, 0.1) is 0 Å². The predicted molar refractivity (Wildman–Crippen MR) is 156 cm³/mol. The molecule has 2 aliphatic heterocycles. The van der Waals surface area contributed by atoms with Gasteiger partial charge in [-0.15, -0.1) is 9.24 Å². The molecule has 0 aliphatic carbocycles. The lowest BCUT2D eigenvalue weighted by molar-refractivity contribution is -0.106. The van der Waals surface area contributed by atoms with Crippen molar-refractivity contribution < 1.29 is 4.79 Å². The minimum Gasteiger partial charge on any atom is -0.385 e. The van der Waals surface area contributed by atoms with Gasteiger partial charge >= 0.3 is 0 Å². The van der Waals surface area contributed by atoms with Gasteiger partial charge in [0.05, 0.1) is 5.69 Å². The molecule has 3 heterocycles. The Hall–Kier alpha value is -2.76. The molecule has 2 aromatic carbocycles. The fraction of sp³-hybridized carbons (Fsp3) is 0.464. The minimum absolute atomic E-state index is 0.250. The first-order valence-corrected chi connectivity index (χ1v) is 13.9. The Morgan fingerprint density at radius 1 is 0.972 bits per heavy atom. The van der Waals surface area contributed by atoms with Crippen LogP contribution in [0.5, 0.6) is 0 Å². The second-order valence-electron chi connectivity index (χ2n) is 8.04. The number of carbonyl (C=O) groups excluding carboxylic acids is 1. The summed E-state index contributed by atoms with van der Waals surface area (Å²) in [6.45, 7) is 9.10. The van der Waals surface area contributed by atoms with Crippen molar-refractivity contribution in [3.63, 3.8) is 0 Å². The zero-order valence-corrected chi connectivity index (χ0v) is 23.2. The summed E-state index contributed by atoms with van der Waals surface area (Å²) in [5.74, 6) is 0. The highest BCUT2D eigenvalue weighted by Crippen LogP contribution is 2.20. The molecule has 1 fully saturated rings. The zero-order valence-electron chi connectivity index (χ0n) is 22.1. The van der Waals surface area contributed by atoms with Crippen LogP contribution in [0.15, 0.2) is 67.3 Å². The Morgan fingerprint density at radius 2 is 1.64 bits per heavy atom. The molecular formula is C28H45N6OP. The number of nitrogens with two attached hydrogens (primary N) is 1. The highest BCUT2D eigenvalue weighted by atomic mass is 31.0. The third kappa shape index (κ3) is 13.4.